The lowest BCUT2D eigenvalue weighted by atomic mass is 10.1. The van der Waals surface area contributed by atoms with Gasteiger partial charge in [-0.15, -0.1) is 6.42 Å². The molecule has 0 spiro atoms. The predicted molar refractivity (Wildman–Crippen MR) is 63.8 cm³/mol. The Morgan fingerprint density at radius 3 is 2.53 bits per heavy atom. The summed E-state index contributed by atoms with van der Waals surface area (Å²) < 4.78 is 26.0. The van der Waals surface area contributed by atoms with Gasteiger partial charge in [0.1, 0.15) is 0 Å². The highest BCUT2D eigenvalue weighted by Gasteiger charge is 2.18. The van der Waals surface area contributed by atoms with Gasteiger partial charge >= 0.3 is 12.0 Å². The van der Waals surface area contributed by atoms with Gasteiger partial charge in [0.15, 0.2) is 11.6 Å². The molecule has 1 aromatic rings. The van der Waals surface area contributed by atoms with E-state index in [0.29, 0.717) is 12.1 Å². The van der Waals surface area contributed by atoms with Gasteiger partial charge in [-0.3, -0.25) is 0 Å². The van der Waals surface area contributed by atoms with Crippen LogP contribution in [0.25, 0.3) is 0 Å². The number of rotatable bonds is 3. The molecule has 0 saturated heterocycles. The molecule has 0 bridgehead atoms. The molecule has 5 nitrogen and oxygen atoms in total. The Labute approximate surface area is 107 Å². The van der Waals surface area contributed by atoms with Crippen molar-refractivity contribution in [3.63, 3.8) is 0 Å². The van der Waals surface area contributed by atoms with Gasteiger partial charge in [0.2, 0.25) is 0 Å². The molecule has 100 valence electrons. The van der Waals surface area contributed by atoms with Crippen molar-refractivity contribution in [2.24, 2.45) is 0 Å². The van der Waals surface area contributed by atoms with Crippen LogP contribution in [0.5, 0.6) is 0 Å². The molecule has 0 radical (unpaired) electrons. The maximum atomic E-state index is 13.1. The molecule has 0 aliphatic heterocycles. The molecule has 0 atom stereocenters. The van der Waals surface area contributed by atoms with E-state index in [-0.39, 0.29) is 12.2 Å². The Bertz CT molecular complexity index is 567. The molecular weight excluding hydrogens is 258 g/mol. The van der Waals surface area contributed by atoms with Crippen LogP contribution in [0.4, 0.5) is 19.3 Å². The minimum atomic E-state index is -1.49. The second-order valence-corrected chi connectivity index (χ2v) is 3.61. The average Bonchev–Trinajstić information content (AvgIpc) is 2.33. The van der Waals surface area contributed by atoms with Crippen LogP contribution in [0.3, 0.4) is 0 Å². The van der Waals surface area contributed by atoms with Crippen molar-refractivity contribution < 1.29 is 23.5 Å². The number of benzene rings is 1. The smallest absolute Gasteiger partial charge is 0.337 e. The van der Waals surface area contributed by atoms with Crippen molar-refractivity contribution in [1.29, 1.82) is 0 Å². The number of aromatic carboxylic acids is 1. The summed E-state index contributed by atoms with van der Waals surface area (Å²) in [6.45, 7) is -0.0160. The molecular formula is C12H10F2N2O3. The Hall–Kier alpha value is -2.62. The topological polar surface area (TPSA) is 69.6 Å². The van der Waals surface area contributed by atoms with Crippen LogP contribution in [0.1, 0.15) is 10.4 Å². The van der Waals surface area contributed by atoms with Gasteiger partial charge in [-0.05, 0) is 6.07 Å². The number of carbonyl (C=O) groups is 2. The van der Waals surface area contributed by atoms with Crippen LogP contribution in [0, 0.1) is 24.0 Å². The SMILES string of the molecule is C#CCN(C)C(=O)Nc1cc(F)c(F)cc1C(=O)O. The molecule has 7 heteroatoms. The lowest BCUT2D eigenvalue weighted by Crippen LogP contribution is -2.32. The van der Waals surface area contributed by atoms with Crippen molar-refractivity contribution in [3.8, 4) is 12.3 Å². The standard InChI is InChI=1S/C12H10F2N2O3/c1-3-4-16(2)12(19)15-10-6-9(14)8(13)5-7(10)11(17)18/h1,5-6H,4H2,2H3,(H,15,19)(H,17,18). The van der Waals surface area contributed by atoms with E-state index in [9.17, 15) is 18.4 Å². The summed E-state index contributed by atoms with van der Waals surface area (Å²) in [5, 5.41) is 11.0. The van der Waals surface area contributed by atoms with Crippen molar-refractivity contribution in [2.75, 3.05) is 18.9 Å². The molecule has 0 fully saturated rings. The number of amides is 2. The number of hydrogen-bond donors (Lipinski definition) is 2. The van der Waals surface area contributed by atoms with Gasteiger partial charge in [0.25, 0.3) is 0 Å². The minimum Gasteiger partial charge on any atom is -0.478 e. The Morgan fingerprint density at radius 1 is 1.42 bits per heavy atom. The van der Waals surface area contributed by atoms with Crippen molar-refractivity contribution >= 4 is 17.7 Å². The van der Waals surface area contributed by atoms with Crippen molar-refractivity contribution in [1.82, 2.24) is 4.90 Å². The highest BCUT2D eigenvalue weighted by Crippen LogP contribution is 2.20. The second kappa shape index (κ2) is 5.82. The van der Waals surface area contributed by atoms with Gasteiger partial charge in [0.05, 0.1) is 17.8 Å². The molecule has 19 heavy (non-hydrogen) atoms. The summed E-state index contributed by atoms with van der Waals surface area (Å²) in [7, 11) is 1.37. The third-order valence-corrected chi connectivity index (χ3v) is 2.21. The fourth-order valence-corrected chi connectivity index (χ4v) is 1.25. The van der Waals surface area contributed by atoms with Crippen LogP contribution in [-0.4, -0.2) is 35.6 Å². The van der Waals surface area contributed by atoms with E-state index in [1.807, 2.05) is 0 Å². The highest BCUT2D eigenvalue weighted by atomic mass is 19.2. The number of carboxylic acids is 1. The van der Waals surface area contributed by atoms with Gasteiger partial charge in [-0.25, -0.2) is 18.4 Å². The summed E-state index contributed by atoms with van der Waals surface area (Å²) in [5.41, 5.74) is -0.901. The summed E-state index contributed by atoms with van der Waals surface area (Å²) in [6, 6.07) is 0.362. The fraction of sp³-hybridized carbons (Fsp3) is 0.167. The quantitative estimate of drug-likeness (QED) is 0.821. The van der Waals surface area contributed by atoms with E-state index < -0.39 is 29.2 Å². The molecule has 2 amide bonds. The first kappa shape index (κ1) is 14.4. The van der Waals surface area contributed by atoms with Crippen LogP contribution >= 0.6 is 0 Å². The molecule has 1 rings (SSSR count). The number of carboxylic acid groups (broad SMARTS) is 1. The van der Waals surface area contributed by atoms with Crippen LogP contribution in [0.15, 0.2) is 12.1 Å². The van der Waals surface area contributed by atoms with Gasteiger partial charge in [-0.2, -0.15) is 0 Å². The van der Waals surface area contributed by atoms with E-state index in [0.717, 1.165) is 4.90 Å². The van der Waals surface area contributed by atoms with Gasteiger partial charge < -0.3 is 15.3 Å². The van der Waals surface area contributed by atoms with E-state index in [1.165, 1.54) is 7.05 Å². The van der Waals surface area contributed by atoms with Crippen LogP contribution in [0.2, 0.25) is 0 Å². The Morgan fingerprint density at radius 2 is 2.00 bits per heavy atom. The molecule has 0 unspecified atom stereocenters. The zero-order valence-corrected chi connectivity index (χ0v) is 9.91. The minimum absolute atomic E-state index is 0.0160. The lowest BCUT2D eigenvalue weighted by Gasteiger charge is -2.16. The van der Waals surface area contributed by atoms with Crippen molar-refractivity contribution in [3.05, 3.63) is 29.3 Å². The summed E-state index contributed by atoms with van der Waals surface area (Å²) in [4.78, 5) is 23.5. The molecule has 0 heterocycles. The lowest BCUT2D eigenvalue weighted by molar-refractivity contribution is 0.0697. The fourth-order valence-electron chi connectivity index (χ4n) is 1.25. The average molecular weight is 268 g/mol. The molecule has 0 saturated carbocycles. The Balaban J connectivity index is 3.07. The van der Waals surface area contributed by atoms with E-state index in [2.05, 4.69) is 11.2 Å². The monoisotopic (exact) mass is 268 g/mol. The van der Waals surface area contributed by atoms with Crippen molar-refractivity contribution in [2.45, 2.75) is 0 Å². The van der Waals surface area contributed by atoms with E-state index in [4.69, 9.17) is 11.5 Å². The molecule has 0 aromatic heterocycles. The maximum Gasteiger partial charge on any atom is 0.337 e. The van der Waals surface area contributed by atoms with E-state index >= 15 is 0 Å². The molecule has 2 N–H and O–H groups in total. The largest absolute Gasteiger partial charge is 0.478 e. The van der Waals surface area contributed by atoms with Gasteiger partial charge in [-0.1, -0.05) is 5.92 Å². The normalized spacial score (nSPS) is 9.58. The zero-order valence-electron chi connectivity index (χ0n) is 9.91. The summed E-state index contributed by atoms with van der Waals surface area (Å²) >= 11 is 0. The number of anilines is 1. The first-order valence-corrected chi connectivity index (χ1v) is 5.04. The Kier molecular flexibility index (Phi) is 4.42. The predicted octanol–water partition coefficient (Wildman–Crippen LogP) is 1.76. The third-order valence-electron chi connectivity index (χ3n) is 2.21. The van der Waals surface area contributed by atoms with Gasteiger partial charge in [0, 0.05) is 13.1 Å². The van der Waals surface area contributed by atoms with Crippen LogP contribution < -0.4 is 5.32 Å². The molecule has 0 aliphatic rings. The number of nitrogens with zero attached hydrogens (tertiary/aromatic N) is 1. The molecule has 1 aromatic carbocycles. The summed E-state index contributed by atoms with van der Waals surface area (Å²) in [5.74, 6) is -1.86. The van der Waals surface area contributed by atoms with E-state index in [1.54, 1.807) is 0 Å². The first-order valence-electron chi connectivity index (χ1n) is 5.04. The number of nitrogens with one attached hydrogen (secondary N) is 1. The third kappa shape index (κ3) is 3.42. The zero-order chi connectivity index (χ0) is 14.6. The first-order chi connectivity index (χ1) is 8.86. The number of carbonyl (C=O) groups excluding carboxylic acids is 1. The number of hydrogen-bond acceptors (Lipinski definition) is 2. The number of terminal acetylenes is 1. The molecule has 0 aliphatic carbocycles. The maximum absolute atomic E-state index is 13.1. The second-order valence-electron chi connectivity index (χ2n) is 3.61. The summed E-state index contributed by atoms with van der Waals surface area (Å²) in [6.07, 6.45) is 5.01. The number of urea groups is 1. The number of halogens is 2. The van der Waals surface area contributed by atoms with Crippen LogP contribution in [-0.2, 0) is 0 Å². The highest BCUT2D eigenvalue weighted by molar-refractivity contribution is 6.00.